The number of benzene rings is 1. The largest absolute Gasteiger partial charge is 0.339 e. The highest BCUT2D eigenvalue weighted by Gasteiger charge is 2.22. The maximum atomic E-state index is 13.7. The summed E-state index contributed by atoms with van der Waals surface area (Å²) in [4.78, 5) is 13.8. The van der Waals surface area contributed by atoms with E-state index in [9.17, 15) is 9.18 Å². The average molecular weight is 246 g/mol. The fourth-order valence-electron chi connectivity index (χ4n) is 2.01. The molecule has 0 atom stereocenters. The summed E-state index contributed by atoms with van der Waals surface area (Å²) in [6.07, 6.45) is 1.97. The standard InChI is InChI=1S/C14H15FN2O/c15-13-6-5-11(4-3-7-16)10-12(13)14(18)17-8-1-2-9-17/h5-6,10H,1-2,7-9,16H2. The minimum absolute atomic E-state index is 0.0979. The Kier molecular flexibility index (Phi) is 3.96. The minimum Gasteiger partial charge on any atom is -0.339 e. The SMILES string of the molecule is NCC#Cc1ccc(F)c(C(=O)N2CCCC2)c1. The zero-order valence-electron chi connectivity index (χ0n) is 10.1. The molecule has 1 aromatic rings. The first-order valence-electron chi connectivity index (χ1n) is 6.00. The van der Waals surface area contributed by atoms with Crippen LogP contribution in [0, 0.1) is 17.7 Å². The van der Waals surface area contributed by atoms with E-state index in [1.165, 1.54) is 12.1 Å². The summed E-state index contributed by atoms with van der Waals surface area (Å²) in [5, 5.41) is 0. The molecule has 1 aliphatic heterocycles. The van der Waals surface area contributed by atoms with Crippen molar-refractivity contribution in [2.24, 2.45) is 5.73 Å². The number of nitrogens with zero attached hydrogens (tertiary/aromatic N) is 1. The molecule has 94 valence electrons. The van der Waals surface area contributed by atoms with Gasteiger partial charge in [0, 0.05) is 18.7 Å². The highest BCUT2D eigenvalue weighted by atomic mass is 19.1. The molecule has 1 aromatic carbocycles. The van der Waals surface area contributed by atoms with E-state index in [0.717, 1.165) is 12.8 Å². The molecule has 0 bridgehead atoms. The summed E-state index contributed by atoms with van der Waals surface area (Å²) >= 11 is 0. The van der Waals surface area contributed by atoms with Crippen LogP contribution in [0.4, 0.5) is 4.39 Å². The first-order chi connectivity index (χ1) is 8.72. The number of carbonyl (C=O) groups is 1. The van der Waals surface area contributed by atoms with Gasteiger partial charge in [0.25, 0.3) is 5.91 Å². The molecule has 1 saturated heterocycles. The second kappa shape index (κ2) is 5.65. The Bertz CT molecular complexity index is 510. The number of likely N-dealkylation sites (tertiary alicyclic amines) is 1. The Morgan fingerprint density at radius 1 is 1.39 bits per heavy atom. The van der Waals surface area contributed by atoms with Crippen LogP contribution in [0.5, 0.6) is 0 Å². The average Bonchev–Trinajstić information content (AvgIpc) is 2.91. The van der Waals surface area contributed by atoms with Gasteiger partial charge in [0.1, 0.15) is 5.82 Å². The molecular formula is C14H15FN2O. The Morgan fingerprint density at radius 2 is 2.11 bits per heavy atom. The third-order valence-electron chi connectivity index (χ3n) is 2.92. The summed E-state index contributed by atoms with van der Waals surface area (Å²) in [6, 6.07) is 4.33. The van der Waals surface area contributed by atoms with Gasteiger partial charge in [0.05, 0.1) is 12.1 Å². The second-order valence-electron chi connectivity index (χ2n) is 4.20. The summed E-state index contributed by atoms with van der Waals surface area (Å²) in [7, 11) is 0. The lowest BCUT2D eigenvalue weighted by Crippen LogP contribution is -2.28. The fraction of sp³-hybridized carbons (Fsp3) is 0.357. The van der Waals surface area contributed by atoms with E-state index in [0.29, 0.717) is 18.7 Å². The van der Waals surface area contributed by atoms with Crippen LogP contribution in [0.15, 0.2) is 18.2 Å². The van der Waals surface area contributed by atoms with Gasteiger partial charge in [-0.25, -0.2) is 4.39 Å². The number of halogens is 1. The number of hydrogen-bond acceptors (Lipinski definition) is 2. The molecule has 0 spiro atoms. The number of nitrogens with two attached hydrogens (primary N) is 1. The van der Waals surface area contributed by atoms with Crippen molar-refractivity contribution in [3.8, 4) is 11.8 Å². The maximum absolute atomic E-state index is 13.7. The van der Waals surface area contributed by atoms with Crippen molar-refractivity contribution >= 4 is 5.91 Å². The summed E-state index contributed by atoms with van der Waals surface area (Å²) in [5.74, 6) is 4.75. The molecule has 2 rings (SSSR count). The van der Waals surface area contributed by atoms with Crippen molar-refractivity contribution in [1.29, 1.82) is 0 Å². The van der Waals surface area contributed by atoms with Crippen molar-refractivity contribution < 1.29 is 9.18 Å². The molecular weight excluding hydrogens is 231 g/mol. The summed E-state index contributed by atoms with van der Waals surface area (Å²) in [6.45, 7) is 1.65. The van der Waals surface area contributed by atoms with Crippen LogP contribution in [0.1, 0.15) is 28.8 Å². The summed E-state index contributed by atoms with van der Waals surface area (Å²) < 4.78 is 13.7. The molecule has 0 saturated carbocycles. The minimum atomic E-state index is -0.495. The first-order valence-corrected chi connectivity index (χ1v) is 6.00. The predicted molar refractivity (Wildman–Crippen MR) is 67.5 cm³/mol. The number of hydrogen-bond donors (Lipinski definition) is 1. The van der Waals surface area contributed by atoms with Gasteiger partial charge in [0.15, 0.2) is 0 Å². The van der Waals surface area contributed by atoms with Crippen LogP contribution in [0.25, 0.3) is 0 Å². The smallest absolute Gasteiger partial charge is 0.256 e. The zero-order valence-corrected chi connectivity index (χ0v) is 10.1. The van der Waals surface area contributed by atoms with Gasteiger partial charge in [-0.2, -0.15) is 0 Å². The zero-order chi connectivity index (χ0) is 13.0. The molecule has 0 radical (unpaired) electrons. The maximum Gasteiger partial charge on any atom is 0.256 e. The van der Waals surface area contributed by atoms with Crippen molar-refractivity contribution in [1.82, 2.24) is 4.90 Å². The van der Waals surface area contributed by atoms with Gasteiger partial charge in [-0.05, 0) is 31.0 Å². The number of carbonyl (C=O) groups excluding carboxylic acids is 1. The second-order valence-corrected chi connectivity index (χ2v) is 4.20. The molecule has 1 aliphatic rings. The van der Waals surface area contributed by atoms with Crippen LogP contribution in [-0.4, -0.2) is 30.4 Å². The molecule has 3 nitrogen and oxygen atoms in total. The molecule has 0 unspecified atom stereocenters. The first kappa shape index (κ1) is 12.6. The molecule has 2 N–H and O–H groups in total. The summed E-state index contributed by atoms with van der Waals surface area (Å²) in [5.41, 5.74) is 5.99. The van der Waals surface area contributed by atoms with Crippen molar-refractivity contribution in [3.05, 3.63) is 35.1 Å². The van der Waals surface area contributed by atoms with Crippen molar-refractivity contribution in [2.75, 3.05) is 19.6 Å². The van der Waals surface area contributed by atoms with E-state index in [2.05, 4.69) is 11.8 Å². The van der Waals surface area contributed by atoms with E-state index >= 15 is 0 Å². The van der Waals surface area contributed by atoms with E-state index in [1.54, 1.807) is 11.0 Å². The van der Waals surface area contributed by atoms with E-state index in [-0.39, 0.29) is 18.0 Å². The topological polar surface area (TPSA) is 46.3 Å². The highest BCUT2D eigenvalue weighted by molar-refractivity contribution is 5.95. The van der Waals surface area contributed by atoms with Crippen LogP contribution < -0.4 is 5.73 Å². The van der Waals surface area contributed by atoms with E-state index in [4.69, 9.17) is 5.73 Å². The third kappa shape index (κ3) is 2.69. The Balaban J connectivity index is 2.27. The Labute approximate surface area is 106 Å². The van der Waals surface area contributed by atoms with Crippen molar-refractivity contribution in [3.63, 3.8) is 0 Å². The van der Waals surface area contributed by atoms with Crippen LogP contribution >= 0.6 is 0 Å². The van der Waals surface area contributed by atoms with Crippen LogP contribution in [0.3, 0.4) is 0 Å². The van der Waals surface area contributed by atoms with Gasteiger partial charge in [-0.1, -0.05) is 11.8 Å². The van der Waals surface area contributed by atoms with Gasteiger partial charge in [-0.15, -0.1) is 0 Å². The molecule has 1 fully saturated rings. The van der Waals surface area contributed by atoms with Gasteiger partial charge in [0.2, 0.25) is 0 Å². The molecule has 4 heteroatoms. The Morgan fingerprint density at radius 3 is 2.78 bits per heavy atom. The quantitative estimate of drug-likeness (QED) is 0.761. The highest BCUT2D eigenvalue weighted by Crippen LogP contribution is 2.16. The molecule has 18 heavy (non-hydrogen) atoms. The van der Waals surface area contributed by atoms with E-state index < -0.39 is 5.82 Å². The third-order valence-corrected chi connectivity index (χ3v) is 2.92. The fourth-order valence-corrected chi connectivity index (χ4v) is 2.01. The molecule has 0 aliphatic carbocycles. The van der Waals surface area contributed by atoms with Crippen LogP contribution in [-0.2, 0) is 0 Å². The lowest BCUT2D eigenvalue weighted by molar-refractivity contribution is 0.0788. The van der Waals surface area contributed by atoms with Gasteiger partial charge >= 0.3 is 0 Å². The number of rotatable bonds is 1. The molecule has 1 heterocycles. The van der Waals surface area contributed by atoms with Gasteiger partial charge < -0.3 is 10.6 Å². The monoisotopic (exact) mass is 246 g/mol. The molecule has 1 amide bonds. The Hall–Kier alpha value is -1.86. The van der Waals surface area contributed by atoms with E-state index in [1.807, 2.05) is 0 Å². The van der Waals surface area contributed by atoms with Gasteiger partial charge in [-0.3, -0.25) is 4.79 Å². The lowest BCUT2D eigenvalue weighted by Gasteiger charge is -2.15. The van der Waals surface area contributed by atoms with Crippen molar-refractivity contribution in [2.45, 2.75) is 12.8 Å². The number of amides is 1. The molecule has 0 aromatic heterocycles. The lowest BCUT2D eigenvalue weighted by atomic mass is 10.1. The van der Waals surface area contributed by atoms with Crippen LogP contribution in [0.2, 0.25) is 0 Å². The normalized spacial score (nSPS) is 14.2. The predicted octanol–water partition coefficient (Wildman–Crippen LogP) is 1.37.